The van der Waals surface area contributed by atoms with Crippen molar-refractivity contribution >= 4 is 17.5 Å². The first kappa shape index (κ1) is 14.8. The Hall–Kier alpha value is -1.10. The monoisotopic (exact) mass is 308 g/mol. The highest BCUT2D eigenvalue weighted by Gasteiger charge is 2.40. The minimum atomic E-state index is -0.0146. The summed E-state index contributed by atoms with van der Waals surface area (Å²) in [5.41, 5.74) is 7.29. The summed E-state index contributed by atoms with van der Waals surface area (Å²) < 4.78 is 5.33. The van der Waals surface area contributed by atoms with Gasteiger partial charge in [0.2, 0.25) is 5.91 Å². The van der Waals surface area contributed by atoms with E-state index in [1.807, 2.05) is 29.2 Å². The topological polar surface area (TPSA) is 55.6 Å². The number of halogens is 1. The SMILES string of the molecule is N[C@H]1C[C@@H](C(=O)N2CCOCC2)[C@H](c2ccc(Cl)cc2)C1. The second kappa shape index (κ2) is 6.34. The van der Waals surface area contributed by atoms with E-state index in [-0.39, 0.29) is 23.8 Å². The van der Waals surface area contributed by atoms with E-state index in [1.54, 1.807) is 0 Å². The number of carbonyl (C=O) groups is 1. The van der Waals surface area contributed by atoms with E-state index in [9.17, 15) is 4.79 Å². The molecule has 5 heteroatoms. The first-order chi connectivity index (χ1) is 10.1. The highest BCUT2D eigenvalue weighted by molar-refractivity contribution is 6.30. The molecule has 114 valence electrons. The first-order valence-corrected chi connectivity index (χ1v) is 7.90. The Labute approximate surface area is 130 Å². The van der Waals surface area contributed by atoms with E-state index in [1.165, 1.54) is 5.56 Å². The van der Waals surface area contributed by atoms with Crippen LogP contribution in [-0.4, -0.2) is 43.2 Å². The average molecular weight is 309 g/mol. The zero-order valence-electron chi connectivity index (χ0n) is 12.0. The molecule has 0 spiro atoms. The summed E-state index contributed by atoms with van der Waals surface area (Å²) in [6.45, 7) is 2.65. The average Bonchev–Trinajstić information content (AvgIpc) is 2.90. The lowest BCUT2D eigenvalue weighted by Gasteiger charge is -2.31. The molecular weight excluding hydrogens is 288 g/mol. The van der Waals surface area contributed by atoms with Crippen molar-refractivity contribution in [2.24, 2.45) is 11.7 Å². The summed E-state index contributed by atoms with van der Waals surface area (Å²) in [7, 11) is 0. The molecule has 2 aliphatic rings. The van der Waals surface area contributed by atoms with E-state index in [4.69, 9.17) is 22.1 Å². The molecule has 2 N–H and O–H groups in total. The lowest BCUT2D eigenvalue weighted by molar-refractivity contribution is -0.140. The van der Waals surface area contributed by atoms with Crippen LogP contribution in [0, 0.1) is 5.92 Å². The van der Waals surface area contributed by atoms with Crippen LogP contribution < -0.4 is 5.73 Å². The number of nitrogens with zero attached hydrogens (tertiary/aromatic N) is 1. The molecule has 1 aliphatic heterocycles. The van der Waals surface area contributed by atoms with Crippen molar-refractivity contribution in [3.63, 3.8) is 0 Å². The van der Waals surface area contributed by atoms with E-state index in [0.717, 1.165) is 17.9 Å². The summed E-state index contributed by atoms with van der Waals surface area (Å²) in [5, 5.41) is 0.720. The zero-order chi connectivity index (χ0) is 14.8. The summed E-state index contributed by atoms with van der Waals surface area (Å²) in [6.07, 6.45) is 1.63. The van der Waals surface area contributed by atoms with Gasteiger partial charge in [0.15, 0.2) is 0 Å². The van der Waals surface area contributed by atoms with E-state index < -0.39 is 0 Å². The molecule has 1 amide bonds. The van der Waals surface area contributed by atoms with Gasteiger partial charge >= 0.3 is 0 Å². The normalized spacial score (nSPS) is 29.6. The fraction of sp³-hybridized carbons (Fsp3) is 0.562. The second-order valence-corrected chi connectivity index (χ2v) is 6.37. The van der Waals surface area contributed by atoms with Gasteiger partial charge < -0.3 is 15.4 Å². The Kier molecular flexibility index (Phi) is 4.48. The molecule has 1 aromatic rings. The summed E-state index contributed by atoms with van der Waals surface area (Å²) in [4.78, 5) is 14.7. The van der Waals surface area contributed by atoms with Gasteiger partial charge in [0, 0.05) is 30.1 Å². The van der Waals surface area contributed by atoms with Crippen LogP contribution in [0.25, 0.3) is 0 Å². The molecule has 4 nitrogen and oxygen atoms in total. The number of ether oxygens (including phenoxy) is 1. The Bertz CT molecular complexity index is 500. The Morgan fingerprint density at radius 2 is 1.86 bits per heavy atom. The third kappa shape index (κ3) is 3.23. The van der Waals surface area contributed by atoms with Crippen molar-refractivity contribution in [1.29, 1.82) is 0 Å². The van der Waals surface area contributed by atoms with Crippen molar-refractivity contribution in [3.8, 4) is 0 Å². The standard InChI is InChI=1S/C16H21ClN2O2/c17-12-3-1-11(2-4-12)14-9-13(18)10-15(14)16(20)19-5-7-21-8-6-19/h1-4,13-15H,5-10,18H2/t13-,14+,15-/m1/s1. The molecule has 1 heterocycles. The van der Waals surface area contributed by atoms with Crippen LogP contribution in [-0.2, 0) is 9.53 Å². The van der Waals surface area contributed by atoms with Gasteiger partial charge in [-0.05, 0) is 36.5 Å². The lowest BCUT2D eigenvalue weighted by atomic mass is 9.88. The molecule has 3 atom stereocenters. The number of hydrogen-bond donors (Lipinski definition) is 1. The molecule has 1 saturated heterocycles. The maximum atomic E-state index is 12.8. The van der Waals surface area contributed by atoms with Crippen molar-refractivity contribution in [3.05, 3.63) is 34.9 Å². The molecule has 1 aromatic carbocycles. The molecular formula is C16H21ClN2O2. The first-order valence-electron chi connectivity index (χ1n) is 7.52. The van der Waals surface area contributed by atoms with Crippen LogP contribution in [0.15, 0.2) is 24.3 Å². The predicted molar refractivity (Wildman–Crippen MR) is 82.3 cm³/mol. The number of hydrogen-bond acceptors (Lipinski definition) is 3. The number of amides is 1. The minimum Gasteiger partial charge on any atom is -0.378 e. The molecule has 0 radical (unpaired) electrons. The van der Waals surface area contributed by atoms with E-state index >= 15 is 0 Å². The zero-order valence-corrected chi connectivity index (χ0v) is 12.8. The van der Waals surface area contributed by atoms with Gasteiger partial charge in [0.1, 0.15) is 0 Å². The molecule has 0 bridgehead atoms. The van der Waals surface area contributed by atoms with E-state index in [2.05, 4.69) is 0 Å². The van der Waals surface area contributed by atoms with E-state index in [0.29, 0.717) is 26.3 Å². The van der Waals surface area contributed by atoms with Crippen LogP contribution >= 0.6 is 11.6 Å². The second-order valence-electron chi connectivity index (χ2n) is 5.93. The van der Waals surface area contributed by atoms with Crippen molar-refractivity contribution in [2.75, 3.05) is 26.3 Å². The summed E-state index contributed by atoms with van der Waals surface area (Å²) in [6, 6.07) is 7.91. The molecule has 1 aliphatic carbocycles. The summed E-state index contributed by atoms with van der Waals surface area (Å²) in [5.74, 6) is 0.415. The van der Waals surface area contributed by atoms with Crippen LogP contribution in [0.2, 0.25) is 5.02 Å². The smallest absolute Gasteiger partial charge is 0.226 e. The third-order valence-corrected chi connectivity index (χ3v) is 4.79. The maximum Gasteiger partial charge on any atom is 0.226 e. The summed E-state index contributed by atoms with van der Waals surface area (Å²) >= 11 is 5.95. The molecule has 0 aromatic heterocycles. The van der Waals surface area contributed by atoms with Crippen molar-refractivity contribution < 1.29 is 9.53 Å². The molecule has 21 heavy (non-hydrogen) atoms. The molecule has 1 saturated carbocycles. The lowest BCUT2D eigenvalue weighted by Crippen LogP contribution is -2.44. The number of benzene rings is 1. The Balaban J connectivity index is 1.78. The fourth-order valence-electron chi connectivity index (χ4n) is 3.45. The number of morpholine rings is 1. The maximum absolute atomic E-state index is 12.8. The largest absolute Gasteiger partial charge is 0.378 e. The number of nitrogens with two attached hydrogens (primary N) is 1. The predicted octanol–water partition coefficient (Wildman–Crippen LogP) is 2.02. The quantitative estimate of drug-likeness (QED) is 0.909. The van der Waals surface area contributed by atoms with Gasteiger partial charge in [-0.1, -0.05) is 23.7 Å². The van der Waals surface area contributed by atoms with Crippen LogP contribution in [0.1, 0.15) is 24.3 Å². The fourth-order valence-corrected chi connectivity index (χ4v) is 3.57. The highest BCUT2D eigenvalue weighted by Crippen LogP contribution is 2.40. The Morgan fingerprint density at radius 1 is 1.19 bits per heavy atom. The van der Waals surface area contributed by atoms with Gasteiger partial charge in [-0.25, -0.2) is 0 Å². The van der Waals surface area contributed by atoms with Crippen LogP contribution in [0.4, 0.5) is 0 Å². The molecule has 2 fully saturated rings. The van der Waals surface area contributed by atoms with Crippen molar-refractivity contribution in [2.45, 2.75) is 24.8 Å². The Morgan fingerprint density at radius 3 is 2.52 bits per heavy atom. The molecule has 3 rings (SSSR count). The van der Waals surface area contributed by atoms with Gasteiger partial charge in [0.05, 0.1) is 13.2 Å². The van der Waals surface area contributed by atoms with Gasteiger partial charge in [-0.3, -0.25) is 4.79 Å². The van der Waals surface area contributed by atoms with Crippen molar-refractivity contribution in [1.82, 2.24) is 4.90 Å². The van der Waals surface area contributed by atoms with Gasteiger partial charge in [0.25, 0.3) is 0 Å². The molecule has 0 unspecified atom stereocenters. The van der Waals surface area contributed by atoms with Crippen LogP contribution in [0.5, 0.6) is 0 Å². The highest BCUT2D eigenvalue weighted by atomic mass is 35.5. The van der Waals surface area contributed by atoms with Crippen LogP contribution in [0.3, 0.4) is 0 Å². The minimum absolute atomic E-state index is 0.0146. The number of rotatable bonds is 2. The number of carbonyl (C=O) groups excluding carboxylic acids is 1. The van der Waals surface area contributed by atoms with Gasteiger partial charge in [-0.15, -0.1) is 0 Å². The van der Waals surface area contributed by atoms with Gasteiger partial charge in [-0.2, -0.15) is 0 Å². The third-order valence-electron chi connectivity index (χ3n) is 4.54.